The highest BCUT2D eigenvalue weighted by Crippen LogP contribution is 2.26. The molecule has 0 amide bonds. The zero-order chi connectivity index (χ0) is 17.4. The lowest BCUT2D eigenvalue weighted by molar-refractivity contribution is 0.483. The van der Waals surface area contributed by atoms with Gasteiger partial charge in [0.05, 0.1) is 22.8 Å². The highest BCUT2D eigenvalue weighted by Gasteiger charge is 2.07. The number of nitrogens with zero attached hydrogens (tertiary/aromatic N) is 4. The van der Waals surface area contributed by atoms with Crippen molar-refractivity contribution in [3.63, 3.8) is 0 Å². The summed E-state index contributed by atoms with van der Waals surface area (Å²) in [7, 11) is 1.85. The van der Waals surface area contributed by atoms with Crippen molar-refractivity contribution in [3.05, 3.63) is 65.1 Å². The van der Waals surface area contributed by atoms with Gasteiger partial charge in [0.1, 0.15) is 17.3 Å². The van der Waals surface area contributed by atoms with E-state index in [1.54, 1.807) is 48.3 Å². The van der Waals surface area contributed by atoms with Crippen LogP contribution < -0.4 is 10.3 Å². The quantitative estimate of drug-likeness (QED) is 0.623. The standard InChI is InChI=1S/C18H15N5O2/c1-11-21-16-4-3-13(7-15(16)18(24)22-11)25-14-5-6-19-17(8-14)12-9-20-23(2)10-12/h3-10H,1-2H3,(H,21,22,24). The largest absolute Gasteiger partial charge is 0.457 e. The zero-order valence-electron chi connectivity index (χ0n) is 13.7. The molecule has 0 radical (unpaired) electrons. The third-order valence-corrected chi connectivity index (χ3v) is 3.76. The van der Waals surface area contributed by atoms with Gasteiger partial charge in [-0.3, -0.25) is 14.5 Å². The average molecular weight is 333 g/mol. The molecule has 0 saturated carbocycles. The fourth-order valence-electron chi connectivity index (χ4n) is 2.62. The van der Waals surface area contributed by atoms with Crippen molar-refractivity contribution in [2.45, 2.75) is 6.92 Å². The van der Waals surface area contributed by atoms with Crippen LogP contribution in [0, 0.1) is 6.92 Å². The molecule has 1 aromatic carbocycles. The number of aromatic nitrogens is 5. The summed E-state index contributed by atoms with van der Waals surface area (Å²) in [6.07, 6.45) is 5.31. The SMILES string of the molecule is Cc1nc2ccc(Oc3ccnc(-c4cnn(C)c4)c3)cc2c(=O)[nH]1. The van der Waals surface area contributed by atoms with E-state index < -0.39 is 0 Å². The van der Waals surface area contributed by atoms with Crippen LogP contribution in [0.2, 0.25) is 0 Å². The van der Waals surface area contributed by atoms with Gasteiger partial charge < -0.3 is 9.72 Å². The first-order valence-corrected chi connectivity index (χ1v) is 7.72. The van der Waals surface area contributed by atoms with E-state index in [9.17, 15) is 4.79 Å². The second kappa shape index (κ2) is 5.86. The van der Waals surface area contributed by atoms with Crippen LogP contribution in [-0.4, -0.2) is 24.7 Å². The summed E-state index contributed by atoms with van der Waals surface area (Å²) in [6.45, 7) is 1.75. The first kappa shape index (κ1) is 15.1. The molecule has 7 heteroatoms. The Kier molecular flexibility index (Phi) is 3.53. The molecule has 4 aromatic rings. The molecule has 0 bridgehead atoms. The zero-order valence-corrected chi connectivity index (χ0v) is 13.7. The van der Waals surface area contributed by atoms with Crippen LogP contribution in [0.25, 0.3) is 22.2 Å². The lowest BCUT2D eigenvalue weighted by Gasteiger charge is -2.07. The summed E-state index contributed by atoms with van der Waals surface area (Å²) >= 11 is 0. The van der Waals surface area contributed by atoms with Crippen molar-refractivity contribution < 1.29 is 4.74 Å². The number of benzene rings is 1. The molecule has 0 fully saturated rings. The van der Waals surface area contributed by atoms with E-state index in [-0.39, 0.29) is 5.56 Å². The summed E-state index contributed by atoms with van der Waals surface area (Å²) in [4.78, 5) is 23.4. The van der Waals surface area contributed by atoms with E-state index in [2.05, 4.69) is 20.1 Å². The van der Waals surface area contributed by atoms with Gasteiger partial charge in [0.25, 0.3) is 5.56 Å². The number of nitrogens with one attached hydrogen (secondary N) is 1. The maximum atomic E-state index is 12.1. The van der Waals surface area contributed by atoms with Gasteiger partial charge in [-0.2, -0.15) is 5.10 Å². The van der Waals surface area contributed by atoms with Gasteiger partial charge in [0.2, 0.25) is 0 Å². The van der Waals surface area contributed by atoms with Crippen LogP contribution in [0.5, 0.6) is 11.5 Å². The summed E-state index contributed by atoms with van der Waals surface area (Å²) in [5.41, 5.74) is 2.13. The van der Waals surface area contributed by atoms with Crippen LogP contribution in [0.4, 0.5) is 0 Å². The predicted octanol–water partition coefficient (Wildman–Crippen LogP) is 2.82. The Morgan fingerprint density at radius 3 is 2.80 bits per heavy atom. The smallest absolute Gasteiger partial charge is 0.258 e. The van der Waals surface area contributed by atoms with Crippen molar-refractivity contribution in [2.75, 3.05) is 0 Å². The molecule has 25 heavy (non-hydrogen) atoms. The maximum Gasteiger partial charge on any atom is 0.258 e. The summed E-state index contributed by atoms with van der Waals surface area (Å²) in [6, 6.07) is 8.85. The minimum atomic E-state index is -0.182. The summed E-state index contributed by atoms with van der Waals surface area (Å²) < 4.78 is 7.61. The van der Waals surface area contributed by atoms with Crippen molar-refractivity contribution >= 4 is 10.9 Å². The number of ether oxygens (including phenoxy) is 1. The van der Waals surface area contributed by atoms with E-state index in [0.717, 1.165) is 11.3 Å². The van der Waals surface area contributed by atoms with Gasteiger partial charge in [-0.25, -0.2) is 4.98 Å². The van der Waals surface area contributed by atoms with Crippen LogP contribution in [0.3, 0.4) is 0 Å². The van der Waals surface area contributed by atoms with E-state index >= 15 is 0 Å². The van der Waals surface area contributed by atoms with Gasteiger partial charge in [0.15, 0.2) is 0 Å². The third-order valence-electron chi connectivity index (χ3n) is 3.76. The Morgan fingerprint density at radius 1 is 1.16 bits per heavy atom. The molecule has 0 aliphatic rings. The molecule has 124 valence electrons. The van der Waals surface area contributed by atoms with E-state index in [0.29, 0.717) is 28.2 Å². The summed E-state index contributed by atoms with van der Waals surface area (Å²) in [5.74, 6) is 1.78. The number of aryl methyl sites for hydroxylation is 2. The van der Waals surface area contributed by atoms with Crippen LogP contribution in [-0.2, 0) is 7.05 Å². The van der Waals surface area contributed by atoms with Gasteiger partial charge in [-0.05, 0) is 31.2 Å². The molecular formula is C18H15N5O2. The Labute approximate surface area is 142 Å². The lowest BCUT2D eigenvalue weighted by atomic mass is 10.2. The number of pyridine rings is 1. The Balaban J connectivity index is 1.68. The molecule has 0 aliphatic carbocycles. The van der Waals surface area contributed by atoms with E-state index in [4.69, 9.17) is 4.74 Å². The van der Waals surface area contributed by atoms with Crippen molar-refractivity contribution in [2.24, 2.45) is 7.05 Å². The molecule has 0 saturated heterocycles. The Bertz CT molecular complexity index is 1130. The number of H-pyrrole nitrogens is 1. The van der Waals surface area contributed by atoms with Gasteiger partial charge in [-0.15, -0.1) is 0 Å². The van der Waals surface area contributed by atoms with Gasteiger partial charge in [-0.1, -0.05) is 0 Å². The molecule has 1 N–H and O–H groups in total. The molecule has 3 aromatic heterocycles. The number of aromatic amines is 1. The third kappa shape index (κ3) is 2.99. The van der Waals surface area contributed by atoms with Crippen LogP contribution in [0.15, 0.2) is 53.7 Å². The molecule has 7 nitrogen and oxygen atoms in total. The molecule has 3 heterocycles. The molecule has 0 aliphatic heterocycles. The molecule has 4 rings (SSSR count). The minimum Gasteiger partial charge on any atom is -0.457 e. The fourth-order valence-corrected chi connectivity index (χ4v) is 2.62. The molecule has 0 unspecified atom stereocenters. The van der Waals surface area contributed by atoms with E-state index in [1.807, 2.05) is 19.3 Å². The molecule has 0 spiro atoms. The highest BCUT2D eigenvalue weighted by molar-refractivity contribution is 5.79. The van der Waals surface area contributed by atoms with Crippen molar-refractivity contribution in [3.8, 4) is 22.8 Å². The lowest BCUT2D eigenvalue weighted by Crippen LogP contribution is -2.09. The number of hydrogen-bond acceptors (Lipinski definition) is 5. The number of fused-ring (bicyclic) bond motifs is 1. The van der Waals surface area contributed by atoms with Crippen LogP contribution >= 0.6 is 0 Å². The molecular weight excluding hydrogens is 318 g/mol. The Hall–Kier alpha value is -3.48. The van der Waals surface area contributed by atoms with Gasteiger partial charge >= 0.3 is 0 Å². The normalized spacial score (nSPS) is 11.0. The minimum absolute atomic E-state index is 0.182. The fraction of sp³-hybridized carbons (Fsp3) is 0.111. The van der Waals surface area contributed by atoms with E-state index in [1.165, 1.54) is 0 Å². The second-order valence-corrected chi connectivity index (χ2v) is 5.71. The average Bonchev–Trinajstić information content (AvgIpc) is 3.02. The highest BCUT2D eigenvalue weighted by atomic mass is 16.5. The van der Waals surface area contributed by atoms with Crippen molar-refractivity contribution in [1.82, 2.24) is 24.7 Å². The number of hydrogen-bond donors (Lipinski definition) is 1. The maximum absolute atomic E-state index is 12.1. The second-order valence-electron chi connectivity index (χ2n) is 5.71. The van der Waals surface area contributed by atoms with Gasteiger partial charge in [0, 0.05) is 31.1 Å². The number of rotatable bonds is 3. The first-order chi connectivity index (χ1) is 12.1. The topological polar surface area (TPSA) is 85.7 Å². The Morgan fingerprint density at radius 2 is 2.00 bits per heavy atom. The van der Waals surface area contributed by atoms with Crippen LogP contribution in [0.1, 0.15) is 5.82 Å². The summed E-state index contributed by atoms with van der Waals surface area (Å²) in [5, 5.41) is 4.64. The predicted molar refractivity (Wildman–Crippen MR) is 93.6 cm³/mol. The van der Waals surface area contributed by atoms with Crippen molar-refractivity contribution in [1.29, 1.82) is 0 Å². The first-order valence-electron chi connectivity index (χ1n) is 7.72. The molecule has 0 atom stereocenters. The monoisotopic (exact) mass is 333 g/mol.